The molecule has 19 heavy (non-hydrogen) atoms. The standard InChI is InChI=1S/C15H20N2O2/c1-10(2)9-16-15(18)14-7-11-5-6-12(19-4)8-13(11)17(14)3/h5-8,10H,9H2,1-4H3,(H,16,18). The van der Waals surface area contributed by atoms with Crippen LogP contribution in [0.2, 0.25) is 0 Å². The van der Waals surface area contributed by atoms with Crippen LogP contribution in [0.25, 0.3) is 10.9 Å². The highest BCUT2D eigenvalue weighted by molar-refractivity contribution is 5.98. The molecular formula is C15H20N2O2. The quantitative estimate of drug-likeness (QED) is 0.918. The molecule has 0 saturated heterocycles. The number of benzene rings is 1. The predicted octanol–water partition coefficient (Wildman–Crippen LogP) is 2.57. The molecule has 2 aromatic rings. The van der Waals surface area contributed by atoms with E-state index in [2.05, 4.69) is 19.2 Å². The van der Waals surface area contributed by atoms with E-state index in [1.807, 2.05) is 35.9 Å². The van der Waals surface area contributed by atoms with Crippen molar-refractivity contribution in [1.29, 1.82) is 0 Å². The zero-order valence-corrected chi connectivity index (χ0v) is 11.9. The number of amides is 1. The minimum absolute atomic E-state index is 0.0358. The topological polar surface area (TPSA) is 43.3 Å². The number of nitrogens with zero attached hydrogens (tertiary/aromatic N) is 1. The first kappa shape index (κ1) is 13.5. The molecule has 0 aliphatic heterocycles. The summed E-state index contributed by atoms with van der Waals surface area (Å²) in [5.41, 5.74) is 1.66. The van der Waals surface area contributed by atoms with Gasteiger partial charge in [-0.25, -0.2) is 0 Å². The maximum atomic E-state index is 12.1. The van der Waals surface area contributed by atoms with E-state index in [1.165, 1.54) is 0 Å². The molecule has 1 N–H and O–H groups in total. The molecule has 4 heteroatoms. The average Bonchev–Trinajstić information content (AvgIpc) is 2.73. The summed E-state index contributed by atoms with van der Waals surface area (Å²) in [5, 5.41) is 3.98. The van der Waals surface area contributed by atoms with Crippen LogP contribution in [-0.2, 0) is 7.05 Å². The molecule has 4 nitrogen and oxygen atoms in total. The largest absolute Gasteiger partial charge is 0.497 e. The Labute approximate surface area is 113 Å². The number of rotatable bonds is 4. The third-order valence-corrected chi connectivity index (χ3v) is 3.16. The SMILES string of the molecule is COc1ccc2cc(C(=O)NCC(C)C)n(C)c2c1. The van der Waals surface area contributed by atoms with Crippen LogP contribution in [0.15, 0.2) is 24.3 Å². The van der Waals surface area contributed by atoms with Gasteiger partial charge in [0.1, 0.15) is 11.4 Å². The van der Waals surface area contributed by atoms with E-state index in [-0.39, 0.29) is 5.91 Å². The average molecular weight is 260 g/mol. The maximum Gasteiger partial charge on any atom is 0.267 e. The highest BCUT2D eigenvalue weighted by Crippen LogP contribution is 2.23. The van der Waals surface area contributed by atoms with E-state index in [4.69, 9.17) is 4.74 Å². The Morgan fingerprint density at radius 3 is 2.74 bits per heavy atom. The third-order valence-electron chi connectivity index (χ3n) is 3.16. The van der Waals surface area contributed by atoms with Crippen molar-refractivity contribution in [2.24, 2.45) is 13.0 Å². The Morgan fingerprint density at radius 1 is 1.37 bits per heavy atom. The molecule has 0 unspecified atom stereocenters. The van der Waals surface area contributed by atoms with Gasteiger partial charge in [0.15, 0.2) is 0 Å². The van der Waals surface area contributed by atoms with E-state index in [9.17, 15) is 4.79 Å². The summed E-state index contributed by atoms with van der Waals surface area (Å²) in [7, 11) is 3.53. The zero-order chi connectivity index (χ0) is 14.0. The fourth-order valence-electron chi connectivity index (χ4n) is 2.04. The number of carbonyl (C=O) groups excluding carboxylic acids is 1. The van der Waals surface area contributed by atoms with E-state index in [1.54, 1.807) is 7.11 Å². The maximum absolute atomic E-state index is 12.1. The number of hydrogen-bond donors (Lipinski definition) is 1. The van der Waals surface area contributed by atoms with Crippen molar-refractivity contribution in [1.82, 2.24) is 9.88 Å². The predicted molar refractivity (Wildman–Crippen MR) is 76.6 cm³/mol. The molecule has 102 valence electrons. The van der Waals surface area contributed by atoms with Gasteiger partial charge in [-0.15, -0.1) is 0 Å². The number of hydrogen-bond acceptors (Lipinski definition) is 2. The van der Waals surface area contributed by atoms with Crippen molar-refractivity contribution in [3.8, 4) is 5.75 Å². The molecule has 0 atom stereocenters. The second-order valence-corrected chi connectivity index (χ2v) is 5.12. The summed E-state index contributed by atoms with van der Waals surface area (Å²) in [6, 6.07) is 7.71. The second kappa shape index (κ2) is 5.34. The van der Waals surface area contributed by atoms with E-state index < -0.39 is 0 Å². The van der Waals surface area contributed by atoms with E-state index in [0.29, 0.717) is 18.2 Å². The number of carbonyl (C=O) groups is 1. The number of fused-ring (bicyclic) bond motifs is 1. The van der Waals surface area contributed by atoms with Crippen molar-refractivity contribution >= 4 is 16.8 Å². The lowest BCUT2D eigenvalue weighted by Gasteiger charge is -2.08. The van der Waals surface area contributed by atoms with Crippen LogP contribution in [0.4, 0.5) is 0 Å². The Balaban J connectivity index is 2.34. The van der Waals surface area contributed by atoms with Crippen molar-refractivity contribution in [3.63, 3.8) is 0 Å². The Kier molecular flexibility index (Phi) is 3.79. The molecule has 0 spiro atoms. The van der Waals surface area contributed by atoms with Crippen LogP contribution in [0, 0.1) is 5.92 Å². The number of aromatic nitrogens is 1. The molecule has 0 aliphatic rings. The van der Waals surface area contributed by atoms with Crippen molar-refractivity contribution in [2.45, 2.75) is 13.8 Å². The van der Waals surface area contributed by atoms with Crippen LogP contribution in [-0.4, -0.2) is 24.1 Å². The monoisotopic (exact) mass is 260 g/mol. The van der Waals surface area contributed by atoms with Gasteiger partial charge in [0.05, 0.1) is 12.6 Å². The number of ether oxygens (including phenoxy) is 1. The molecule has 0 fully saturated rings. The van der Waals surface area contributed by atoms with Crippen LogP contribution < -0.4 is 10.1 Å². The first-order valence-corrected chi connectivity index (χ1v) is 6.44. The van der Waals surface area contributed by atoms with Crippen LogP contribution in [0.5, 0.6) is 5.75 Å². The second-order valence-electron chi connectivity index (χ2n) is 5.12. The number of nitrogens with one attached hydrogen (secondary N) is 1. The Morgan fingerprint density at radius 2 is 2.11 bits per heavy atom. The summed E-state index contributed by atoms with van der Waals surface area (Å²) in [5.74, 6) is 1.20. The first-order valence-electron chi connectivity index (χ1n) is 6.44. The molecule has 1 aromatic carbocycles. The minimum atomic E-state index is -0.0358. The molecule has 1 aromatic heterocycles. The summed E-state index contributed by atoms with van der Waals surface area (Å²) < 4.78 is 7.11. The van der Waals surface area contributed by atoms with Crippen LogP contribution in [0.3, 0.4) is 0 Å². The molecule has 2 rings (SSSR count). The molecule has 1 heterocycles. The van der Waals surface area contributed by atoms with Crippen LogP contribution in [0.1, 0.15) is 24.3 Å². The molecular weight excluding hydrogens is 240 g/mol. The summed E-state index contributed by atoms with van der Waals surface area (Å²) in [4.78, 5) is 12.1. The van der Waals surface area contributed by atoms with E-state index in [0.717, 1.165) is 16.7 Å². The molecule has 0 saturated carbocycles. The summed E-state index contributed by atoms with van der Waals surface area (Å²) >= 11 is 0. The first-order chi connectivity index (χ1) is 9.02. The fraction of sp³-hybridized carbons (Fsp3) is 0.400. The third kappa shape index (κ3) is 2.72. The van der Waals surface area contributed by atoms with Gasteiger partial charge >= 0.3 is 0 Å². The van der Waals surface area contributed by atoms with Gasteiger partial charge in [-0.1, -0.05) is 13.8 Å². The summed E-state index contributed by atoms with van der Waals surface area (Å²) in [6.07, 6.45) is 0. The van der Waals surface area contributed by atoms with Gasteiger partial charge < -0.3 is 14.6 Å². The van der Waals surface area contributed by atoms with Crippen molar-refractivity contribution < 1.29 is 9.53 Å². The van der Waals surface area contributed by atoms with Crippen LogP contribution >= 0.6 is 0 Å². The van der Waals surface area contributed by atoms with Gasteiger partial charge in [-0.2, -0.15) is 0 Å². The molecule has 0 bridgehead atoms. The lowest BCUT2D eigenvalue weighted by Crippen LogP contribution is -2.28. The molecule has 0 aliphatic carbocycles. The summed E-state index contributed by atoms with van der Waals surface area (Å²) in [6.45, 7) is 4.84. The zero-order valence-electron chi connectivity index (χ0n) is 11.9. The number of methoxy groups -OCH3 is 1. The lowest BCUT2D eigenvalue weighted by atomic mass is 10.2. The van der Waals surface area contributed by atoms with Gasteiger partial charge in [0, 0.05) is 25.0 Å². The lowest BCUT2D eigenvalue weighted by molar-refractivity contribution is 0.0941. The number of aryl methyl sites for hydroxylation is 1. The normalized spacial score (nSPS) is 11.0. The minimum Gasteiger partial charge on any atom is -0.497 e. The van der Waals surface area contributed by atoms with Gasteiger partial charge in [0.25, 0.3) is 5.91 Å². The fourth-order valence-corrected chi connectivity index (χ4v) is 2.04. The van der Waals surface area contributed by atoms with Gasteiger partial charge in [0.2, 0.25) is 0 Å². The van der Waals surface area contributed by atoms with Gasteiger partial charge in [-0.05, 0) is 24.1 Å². The highest BCUT2D eigenvalue weighted by atomic mass is 16.5. The van der Waals surface area contributed by atoms with Crippen molar-refractivity contribution in [3.05, 3.63) is 30.0 Å². The van der Waals surface area contributed by atoms with Gasteiger partial charge in [-0.3, -0.25) is 4.79 Å². The Bertz CT molecular complexity index is 599. The Hall–Kier alpha value is -1.97. The molecule has 1 amide bonds. The van der Waals surface area contributed by atoms with Crippen molar-refractivity contribution in [2.75, 3.05) is 13.7 Å². The van der Waals surface area contributed by atoms with E-state index >= 15 is 0 Å². The highest BCUT2D eigenvalue weighted by Gasteiger charge is 2.13. The molecule has 0 radical (unpaired) electrons. The smallest absolute Gasteiger partial charge is 0.267 e.